The van der Waals surface area contributed by atoms with Crippen molar-refractivity contribution in [1.29, 1.82) is 0 Å². The third kappa shape index (κ3) is 33.5. The van der Waals surface area contributed by atoms with Gasteiger partial charge < -0.3 is 20.3 Å². The summed E-state index contributed by atoms with van der Waals surface area (Å²) in [7, 11) is 0. The number of carbonyl (C=O) groups is 2. The molecule has 0 fully saturated rings. The maximum absolute atomic E-state index is 13.0. The predicted octanol–water partition coefficient (Wildman–Crippen LogP) is 11.8. The fourth-order valence-corrected chi connectivity index (χ4v) is 6.53. The number of hydrogen-bond donors (Lipinski definition) is 3. The summed E-state index contributed by atoms with van der Waals surface area (Å²) in [5.41, 5.74) is 0. The standard InChI is InChI=1S/C43H83NO5/c1-4-7-10-13-16-19-20-21-24-27-30-33-36-43(48)49-39(34-31-28-25-22-17-14-11-8-5-2)37-42(47)44-40(38-45)41(46)35-32-29-26-23-18-15-12-9-6-3/h14,17,39-41,45-46H,4-13,15-16,18-38H2,1-3H3,(H,44,47)/b17-14-. The zero-order valence-electron chi connectivity index (χ0n) is 32.8. The van der Waals surface area contributed by atoms with Crippen LogP contribution in [0.15, 0.2) is 12.2 Å². The van der Waals surface area contributed by atoms with E-state index in [4.69, 9.17) is 4.74 Å². The van der Waals surface area contributed by atoms with Gasteiger partial charge in [0.25, 0.3) is 0 Å². The average molecular weight is 694 g/mol. The third-order valence-electron chi connectivity index (χ3n) is 9.84. The second-order valence-corrected chi connectivity index (χ2v) is 14.7. The summed E-state index contributed by atoms with van der Waals surface area (Å²) in [6.45, 7) is 6.40. The topological polar surface area (TPSA) is 95.9 Å². The number of carbonyl (C=O) groups excluding carboxylic acids is 2. The molecule has 3 N–H and O–H groups in total. The molecule has 0 aromatic heterocycles. The largest absolute Gasteiger partial charge is 0.462 e. The Morgan fingerprint density at radius 1 is 0.571 bits per heavy atom. The van der Waals surface area contributed by atoms with E-state index in [2.05, 4.69) is 38.2 Å². The highest BCUT2D eigenvalue weighted by Gasteiger charge is 2.24. The lowest BCUT2D eigenvalue weighted by Gasteiger charge is -2.24. The Bertz CT molecular complexity index is 742. The lowest BCUT2D eigenvalue weighted by atomic mass is 10.0. The highest BCUT2D eigenvalue weighted by Crippen LogP contribution is 2.17. The van der Waals surface area contributed by atoms with Crippen molar-refractivity contribution in [2.24, 2.45) is 0 Å². The number of unbranched alkanes of at least 4 members (excludes halogenated alkanes) is 24. The number of hydrogen-bond acceptors (Lipinski definition) is 5. The molecule has 0 aliphatic heterocycles. The van der Waals surface area contributed by atoms with E-state index in [0.29, 0.717) is 19.3 Å². The van der Waals surface area contributed by atoms with Gasteiger partial charge in [0.2, 0.25) is 5.91 Å². The molecule has 49 heavy (non-hydrogen) atoms. The van der Waals surface area contributed by atoms with E-state index in [-0.39, 0.29) is 24.9 Å². The van der Waals surface area contributed by atoms with E-state index in [1.165, 1.54) is 109 Å². The van der Waals surface area contributed by atoms with E-state index in [0.717, 1.165) is 70.6 Å². The lowest BCUT2D eigenvalue weighted by molar-refractivity contribution is -0.151. The molecule has 0 aromatic rings. The molecule has 3 unspecified atom stereocenters. The predicted molar refractivity (Wildman–Crippen MR) is 209 cm³/mol. The Labute approximate surface area is 304 Å². The Hall–Kier alpha value is -1.40. The first-order valence-electron chi connectivity index (χ1n) is 21.4. The second-order valence-electron chi connectivity index (χ2n) is 14.7. The number of nitrogens with one attached hydrogen (secondary N) is 1. The minimum atomic E-state index is -0.782. The SMILES string of the molecule is CCCC/C=C\CCCCCC(CC(=O)NC(CO)C(O)CCCCCCCCCCC)OC(=O)CCCCCCCCCCCCCC. The second kappa shape index (κ2) is 37.8. The van der Waals surface area contributed by atoms with Crippen molar-refractivity contribution < 1.29 is 24.5 Å². The molecule has 3 atom stereocenters. The van der Waals surface area contributed by atoms with Gasteiger partial charge in [-0.2, -0.15) is 0 Å². The van der Waals surface area contributed by atoms with Gasteiger partial charge in [-0.05, 0) is 44.9 Å². The van der Waals surface area contributed by atoms with E-state index >= 15 is 0 Å². The Balaban J connectivity index is 4.55. The molecule has 0 aromatic carbocycles. The molecular weight excluding hydrogens is 610 g/mol. The highest BCUT2D eigenvalue weighted by atomic mass is 16.5. The molecule has 6 heteroatoms. The van der Waals surface area contributed by atoms with E-state index in [1.807, 2.05) is 0 Å². The molecule has 0 saturated carbocycles. The molecule has 0 radical (unpaired) electrons. The van der Waals surface area contributed by atoms with Crippen LogP contribution in [-0.2, 0) is 14.3 Å². The van der Waals surface area contributed by atoms with Gasteiger partial charge in [0.15, 0.2) is 0 Å². The van der Waals surface area contributed by atoms with Crippen LogP contribution in [0.5, 0.6) is 0 Å². The molecular formula is C43H83NO5. The van der Waals surface area contributed by atoms with E-state index in [1.54, 1.807) is 0 Å². The molecule has 290 valence electrons. The maximum Gasteiger partial charge on any atom is 0.306 e. The van der Waals surface area contributed by atoms with E-state index in [9.17, 15) is 19.8 Å². The van der Waals surface area contributed by atoms with Crippen LogP contribution in [0.25, 0.3) is 0 Å². The summed E-state index contributed by atoms with van der Waals surface area (Å²) >= 11 is 0. The molecule has 6 nitrogen and oxygen atoms in total. The van der Waals surface area contributed by atoms with Crippen molar-refractivity contribution in [3.8, 4) is 0 Å². The summed E-state index contributed by atoms with van der Waals surface area (Å²) in [6.07, 6.45) is 38.5. The maximum atomic E-state index is 13.0. The minimum Gasteiger partial charge on any atom is -0.462 e. The van der Waals surface area contributed by atoms with Crippen molar-refractivity contribution in [2.75, 3.05) is 6.61 Å². The van der Waals surface area contributed by atoms with Crippen LogP contribution in [0.4, 0.5) is 0 Å². The van der Waals surface area contributed by atoms with Crippen LogP contribution in [0, 0.1) is 0 Å². The first-order chi connectivity index (χ1) is 24.0. The number of ether oxygens (including phenoxy) is 1. The molecule has 0 saturated heterocycles. The van der Waals surface area contributed by atoms with Crippen LogP contribution in [0.2, 0.25) is 0 Å². The Morgan fingerprint density at radius 3 is 1.51 bits per heavy atom. The van der Waals surface area contributed by atoms with Crippen molar-refractivity contribution in [3.05, 3.63) is 12.2 Å². The molecule has 0 aliphatic rings. The molecule has 0 aliphatic carbocycles. The van der Waals surface area contributed by atoms with Crippen molar-refractivity contribution in [3.63, 3.8) is 0 Å². The van der Waals surface area contributed by atoms with Gasteiger partial charge in [0.1, 0.15) is 6.10 Å². The van der Waals surface area contributed by atoms with Crippen molar-refractivity contribution in [1.82, 2.24) is 5.32 Å². The summed E-state index contributed by atoms with van der Waals surface area (Å²) < 4.78 is 5.86. The van der Waals surface area contributed by atoms with Gasteiger partial charge in [-0.15, -0.1) is 0 Å². The monoisotopic (exact) mass is 694 g/mol. The van der Waals surface area contributed by atoms with Crippen molar-refractivity contribution in [2.45, 2.75) is 244 Å². The average Bonchev–Trinajstić information content (AvgIpc) is 3.09. The molecule has 0 heterocycles. The smallest absolute Gasteiger partial charge is 0.306 e. The van der Waals surface area contributed by atoms with Gasteiger partial charge in [-0.1, -0.05) is 181 Å². The number of rotatable bonds is 38. The van der Waals surface area contributed by atoms with Crippen molar-refractivity contribution >= 4 is 11.9 Å². The first kappa shape index (κ1) is 47.6. The van der Waals surface area contributed by atoms with Crippen LogP contribution >= 0.6 is 0 Å². The number of aliphatic hydroxyl groups is 2. The van der Waals surface area contributed by atoms with Crippen LogP contribution in [-0.4, -0.2) is 46.9 Å². The number of allylic oxidation sites excluding steroid dienone is 2. The minimum absolute atomic E-state index is 0.0718. The number of esters is 1. The fourth-order valence-electron chi connectivity index (χ4n) is 6.53. The molecule has 0 spiro atoms. The summed E-state index contributed by atoms with van der Waals surface area (Å²) in [4.78, 5) is 25.8. The normalized spacial score (nSPS) is 13.5. The lowest BCUT2D eigenvalue weighted by Crippen LogP contribution is -2.46. The van der Waals surface area contributed by atoms with Gasteiger partial charge >= 0.3 is 5.97 Å². The highest BCUT2D eigenvalue weighted by molar-refractivity contribution is 5.77. The zero-order valence-corrected chi connectivity index (χ0v) is 32.8. The zero-order chi connectivity index (χ0) is 36.0. The first-order valence-corrected chi connectivity index (χ1v) is 21.4. The summed E-state index contributed by atoms with van der Waals surface area (Å²) in [5, 5.41) is 23.5. The Morgan fingerprint density at radius 2 is 1.00 bits per heavy atom. The van der Waals surface area contributed by atoms with Crippen LogP contribution in [0.3, 0.4) is 0 Å². The van der Waals surface area contributed by atoms with Crippen LogP contribution in [0.1, 0.15) is 226 Å². The quantitative estimate of drug-likeness (QED) is 0.0340. The van der Waals surface area contributed by atoms with Gasteiger partial charge in [-0.25, -0.2) is 0 Å². The van der Waals surface area contributed by atoms with Crippen LogP contribution < -0.4 is 5.32 Å². The summed E-state index contributed by atoms with van der Waals surface area (Å²) in [5.74, 6) is -0.486. The van der Waals surface area contributed by atoms with Gasteiger partial charge in [0.05, 0.1) is 25.2 Å². The molecule has 1 amide bonds. The van der Waals surface area contributed by atoms with Gasteiger partial charge in [0, 0.05) is 6.42 Å². The fraction of sp³-hybridized carbons (Fsp3) is 0.907. The molecule has 0 rings (SSSR count). The molecule has 0 bridgehead atoms. The Kier molecular flexibility index (Phi) is 36.8. The number of amides is 1. The third-order valence-corrected chi connectivity index (χ3v) is 9.84. The van der Waals surface area contributed by atoms with Gasteiger partial charge in [-0.3, -0.25) is 9.59 Å². The van der Waals surface area contributed by atoms with E-state index < -0.39 is 18.2 Å². The number of aliphatic hydroxyl groups excluding tert-OH is 2. The summed E-state index contributed by atoms with van der Waals surface area (Å²) in [6, 6.07) is -0.696.